The van der Waals surface area contributed by atoms with E-state index in [0.29, 0.717) is 0 Å². The first kappa shape index (κ1) is 10.6. The van der Waals surface area contributed by atoms with Crippen molar-refractivity contribution in [3.8, 4) is 0 Å². The molecule has 0 unspecified atom stereocenters. The maximum atomic E-state index is 5.77. The Bertz CT molecular complexity index is 398. The first-order valence-electron chi connectivity index (χ1n) is 4.61. The molecule has 2 rings (SSSR count). The summed E-state index contributed by atoms with van der Waals surface area (Å²) < 4.78 is 2.77. The maximum absolute atomic E-state index is 5.77. The number of nitrogens with one attached hydrogen (secondary N) is 1. The van der Waals surface area contributed by atoms with Crippen LogP contribution in [0.1, 0.15) is 5.01 Å². The lowest BCUT2D eigenvalue weighted by Crippen LogP contribution is -2.18. The van der Waals surface area contributed by atoms with Gasteiger partial charge < -0.3 is 9.88 Å². The normalized spacial score (nSPS) is 10.7. The molecule has 0 atom stereocenters. The van der Waals surface area contributed by atoms with Gasteiger partial charge >= 0.3 is 0 Å². The molecular formula is C9H11ClN4S. The van der Waals surface area contributed by atoms with Crippen LogP contribution in [-0.2, 0) is 13.1 Å². The summed E-state index contributed by atoms with van der Waals surface area (Å²) in [6, 6.07) is 0. The van der Waals surface area contributed by atoms with Gasteiger partial charge in [-0.15, -0.1) is 11.3 Å². The van der Waals surface area contributed by atoms with Crippen molar-refractivity contribution in [1.82, 2.24) is 19.9 Å². The monoisotopic (exact) mass is 242 g/mol. The molecule has 6 heteroatoms. The highest BCUT2D eigenvalue weighted by atomic mass is 35.5. The Morgan fingerprint density at radius 3 is 3.13 bits per heavy atom. The van der Waals surface area contributed by atoms with Crippen molar-refractivity contribution < 1.29 is 0 Å². The number of hydrogen-bond acceptors (Lipinski definition) is 4. The molecule has 0 spiro atoms. The van der Waals surface area contributed by atoms with Crippen LogP contribution in [0, 0.1) is 0 Å². The van der Waals surface area contributed by atoms with E-state index in [1.807, 2.05) is 17.1 Å². The molecule has 0 aliphatic heterocycles. The highest BCUT2D eigenvalue weighted by Crippen LogP contribution is 2.17. The molecule has 0 aromatic carbocycles. The number of rotatable bonds is 5. The number of nitrogens with zero attached hydrogens (tertiary/aromatic N) is 3. The number of halogens is 1. The molecule has 0 bridgehead atoms. The molecule has 80 valence electrons. The van der Waals surface area contributed by atoms with E-state index >= 15 is 0 Å². The van der Waals surface area contributed by atoms with Crippen LogP contribution < -0.4 is 5.32 Å². The highest BCUT2D eigenvalue weighted by Gasteiger charge is 1.98. The van der Waals surface area contributed by atoms with Crippen molar-refractivity contribution in [3.05, 3.63) is 34.3 Å². The highest BCUT2D eigenvalue weighted by molar-refractivity contribution is 7.15. The van der Waals surface area contributed by atoms with Gasteiger partial charge in [0.2, 0.25) is 0 Å². The second-order valence-corrected chi connectivity index (χ2v) is 4.78. The molecule has 1 N–H and O–H groups in total. The third kappa shape index (κ3) is 3.30. The van der Waals surface area contributed by atoms with Crippen LogP contribution >= 0.6 is 22.9 Å². The molecule has 0 saturated heterocycles. The summed E-state index contributed by atoms with van der Waals surface area (Å²) in [7, 11) is 0. The Morgan fingerprint density at radius 2 is 2.47 bits per heavy atom. The largest absolute Gasteiger partial charge is 0.336 e. The Morgan fingerprint density at radius 1 is 1.53 bits per heavy atom. The van der Waals surface area contributed by atoms with Crippen LogP contribution in [0.3, 0.4) is 0 Å². The number of thiazole rings is 1. The zero-order valence-corrected chi connectivity index (χ0v) is 9.63. The molecule has 15 heavy (non-hydrogen) atoms. The second-order valence-electron chi connectivity index (χ2n) is 3.04. The van der Waals surface area contributed by atoms with E-state index in [1.165, 1.54) is 11.3 Å². The Hall–Kier alpha value is -0.910. The summed E-state index contributed by atoms with van der Waals surface area (Å²) >= 11 is 7.28. The average Bonchev–Trinajstić information content (AvgIpc) is 2.84. The average molecular weight is 243 g/mol. The van der Waals surface area contributed by atoms with Crippen molar-refractivity contribution in [1.29, 1.82) is 0 Å². The Balaban J connectivity index is 1.67. The number of aromatic nitrogens is 3. The molecule has 2 aromatic heterocycles. The molecule has 0 fully saturated rings. The van der Waals surface area contributed by atoms with Crippen LogP contribution in [0.25, 0.3) is 0 Å². The fourth-order valence-electron chi connectivity index (χ4n) is 1.19. The third-order valence-electron chi connectivity index (χ3n) is 1.91. The lowest BCUT2D eigenvalue weighted by atomic mass is 10.5. The first-order valence-corrected chi connectivity index (χ1v) is 5.81. The number of hydrogen-bond donors (Lipinski definition) is 1. The molecular weight excluding hydrogens is 232 g/mol. The molecule has 2 heterocycles. The van der Waals surface area contributed by atoms with Crippen LogP contribution in [0.4, 0.5) is 0 Å². The predicted octanol–water partition coefficient (Wildman–Crippen LogP) is 1.78. The van der Waals surface area contributed by atoms with Gasteiger partial charge in [-0.3, -0.25) is 0 Å². The molecule has 0 aliphatic carbocycles. The zero-order valence-electron chi connectivity index (χ0n) is 8.06. The summed E-state index contributed by atoms with van der Waals surface area (Å²) in [5.74, 6) is 0. The zero-order chi connectivity index (χ0) is 10.5. The summed E-state index contributed by atoms with van der Waals surface area (Å²) in [5, 5.41) is 4.31. The maximum Gasteiger partial charge on any atom is 0.113 e. The SMILES string of the molecule is Clc1cnc(CNCCn2ccnc2)s1. The Labute approximate surface area is 96.9 Å². The van der Waals surface area contributed by atoms with Crippen molar-refractivity contribution in [2.75, 3.05) is 6.54 Å². The lowest BCUT2D eigenvalue weighted by Gasteiger charge is -2.02. The van der Waals surface area contributed by atoms with Gasteiger partial charge in [-0.05, 0) is 0 Å². The minimum atomic E-state index is 0.737. The van der Waals surface area contributed by atoms with Crippen molar-refractivity contribution in [2.24, 2.45) is 0 Å². The van der Waals surface area contributed by atoms with Gasteiger partial charge in [0.15, 0.2) is 0 Å². The minimum Gasteiger partial charge on any atom is -0.336 e. The van der Waals surface area contributed by atoms with Gasteiger partial charge in [0, 0.05) is 32.0 Å². The van der Waals surface area contributed by atoms with Crippen molar-refractivity contribution >= 4 is 22.9 Å². The van der Waals surface area contributed by atoms with E-state index in [0.717, 1.165) is 29.0 Å². The van der Waals surface area contributed by atoms with Crippen molar-refractivity contribution in [2.45, 2.75) is 13.1 Å². The van der Waals surface area contributed by atoms with Gasteiger partial charge in [0.25, 0.3) is 0 Å². The smallest absolute Gasteiger partial charge is 0.113 e. The van der Waals surface area contributed by atoms with Gasteiger partial charge in [0.1, 0.15) is 9.34 Å². The Kier molecular flexibility index (Phi) is 3.71. The molecule has 0 aliphatic rings. The van der Waals surface area contributed by atoms with Crippen LogP contribution in [0.2, 0.25) is 4.34 Å². The lowest BCUT2D eigenvalue weighted by molar-refractivity contribution is 0.596. The van der Waals surface area contributed by atoms with E-state index in [4.69, 9.17) is 11.6 Å². The second kappa shape index (κ2) is 5.25. The van der Waals surface area contributed by atoms with Gasteiger partial charge in [-0.1, -0.05) is 11.6 Å². The molecule has 4 nitrogen and oxygen atoms in total. The minimum absolute atomic E-state index is 0.737. The topological polar surface area (TPSA) is 42.7 Å². The predicted molar refractivity (Wildman–Crippen MR) is 61.1 cm³/mol. The van der Waals surface area contributed by atoms with Gasteiger partial charge in [-0.2, -0.15) is 0 Å². The summed E-state index contributed by atoms with van der Waals surface area (Å²) in [4.78, 5) is 8.13. The molecule has 0 amide bonds. The van der Waals surface area contributed by atoms with Gasteiger partial charge in [0.05, 0.1) is 12.5 Å². The first-order chi connectivity index (χ1) is 7.34. The van der Waals surface area contributed by atoms with E-state index in [9.17, 15) is 0 Å². The van der Waals surface area contributed by atoms with Crippen LogP contribution in [0.5, 0.6) is 0 Å². The fourth-order valence-corrected chi connectivity index (χ4v) is 2.12. The molecule has 0 radical (unpaired) electrons. The quantitative estimate of drug-likeness (QED) is 0.813. The van der Waals surface area contributed by atoms with E-state index in [-0.39, 0.29) is 0 Å². The molecule has 0 saturated carbocycles. The van der Waals surface area contributed by atoms with Crippen molar-refractivity contribution in [3.63, 3.8) is 0 Å². The fraction of sp³-hybridized carbons (Fsp3) is 0.333. The third-order valence-corrected chi connectivity index (χ3v) is 3.02. The van der Waals surface area contributed by atoms with E-state index < -0.39 is 0 Å². The van der Waals surface area contributed by atoms with E-state index in [2.05, 4.69) is 15.3 Å². The molecule has 2 aromatic rings. The standard InChI is InChI=1S/C9H11ClN4S/c10-8-5-13-9(15-8)6-11-1-3-14-4-2-12-7-14/h2,4-5,7,11H,1,3,6H2. The number of imidazole rings is 1. The van der Waals surface area contributed by atoms with Crippen LogP contribution in [-0.4, -0.2) is 21.1 Å². The van der Waals surface area contributed by atoms with Gasteiger partial charge in [-0.25, -0.2) is 9.97 Å². The van der Waals surface area contributed by atoms with Crippen LogP contribution in [0.15, 0.2) is 24.9 Å². The summed E-state index contributed by atoms with van der Waals surface area (Å²) in [6.45, 7) is 2.58. The van der Waals surface area contributed by atoms with E-state index in [1.54, 1.807) is 12.4 Å². The summed E-state index contributed by atoms with van der Waals surface area (Å²) in [5.41, 5.74) is 0. The summed E-state index contributed by atoms with van der Waals surface area (Å²) in [6.07, 6.45) is 7.21.